The standard InChI is InChI=1S/C17H19N3O/c1-17(2,18)12-6-4-11(5-7-12)13-8-9-15-14(10-19-20-15)16(13)21-3/h4-10H,18H2,1-3H3,(H,19,20). The quantitative estimate of drug-likeness (QED) is 0.773. The number of H-pyrrole nitrogens is 1. The number of rotatable bonds is 3. The molecule has 3 aromatic rings. The lowest BCUT2D eigenvalue weighted by atomic mass is 9.93. The lowest BCUT2D eigenvalue weighted by Gasteiger charge is -2.19. The number of aromatic amines is 1. The van der Waals surface area contributed by atoms with Crippen molar-refractivity contribution < 1.29 is 4.74 Å². The van der Waals surface area contributed by atoms with Crippen LogP contribution < -0.4 is 10.5 Å². The summed E-state index contributed by atoms with van der Waals surface area (Å²) in [4.78, 5) is 0. The normalized spacial score (nSPS) is 11.8. The number of benzene rings is 2. The van der Waals surface area contributed by atoms with E-state index in [4.69, 9.17) is 10.5 Å². The van der Waals surface area contributed by atoms with Gasteiger partial charge in [0.15, 0.2) is 0 Å². The van der Waals surface area contributed by atoms with Gasteiger partial charge in [-0.2, -0.15) is 5.10 Å². The minimum absolute atomic E-state index is 0.336. The van der Waals surface area contributed by atoms with Gasteiger partial charge in [-0.05, 0) is 37.1 Å². The third kappa shape index (κ3) is 2.38. The average Bonchev–Trinajstić information content (AvgIpc) is 2.94. The summed E-state index contributed by atoms with van der Waals surface area (Å²) in [5.41, 5.74) is 10.0. The molecule has 0 aliphatic carbocycles. The molecular formula is C17H19N3O. The van der Waals surface area contributed by atoms with E-state index in [2.05, 4.69) is 34.5 Å². The van der Waals surface area contributed by atoms with E-state index >= 15 is 0 Å². The van der Waals surface area contributed by atoms with Crippen LogP contribution in [-0.4, -0.2) is 17.3 Å². The van der Waals surface area contributed by atoms with Gasteiger partial charge in [-0.15, -0.1) is 0 Å². The molecule has 0 atom stereocenters. The number of nitrogens with one attached hydrogen (secondary N) is 1. The minimum atomic E-state index is -0.336. The molecular weight excluding hydrogens is 262 g/mol. The Balaban J connectivity index is 2.11. The van der Waals surface area contributed by atoms with E-state index in [9.17, 15) is 0 Å². The van der Waals surface area contributed by atoms with Crippen LogP contribution in [0.15, 0.2) is 42.6 Å². The van der Waals surface area contributed by atoms with Gasteiger partial charge in [0, 0.05) is 11.1 Å². The highest BCUT2D eigenvalue weighted by Gasteiger charge is 2.15. The van der Waals surface area contributed by atoms with E-state index in [0.29, 0.717) is 0 Å². The molecule has 0 aliphatic heterocycles. The van der Waals surface area contributed by atoms with Crippen molar-refractivity contribution in [2.45, 2.75) is 19.4 Å². The molecule has 0 amide bonds. The monoisotopic (exact) mass is 281 g/mol. The number of hydrogen-bond acceptors (Lipinski definition) is 3. The number of nitrogens with zero attached hydrogens (tertiary/aromatic N) is 1. The predicted octanol–water partition coefficient (Wildman–Crippen LogP) is 3.43. The Morgan fingerprint density at radius 1 is 1.10 bits per heavy atom. The van der Waals surface area contributed by atoms with Crippen molar-refractivity contribution in [3.05, 3.63) is 48.2 Å². The van der Waals surface area contributed by atoms with Crippen LogP contribution in [0.1, 0.15) is 19.4 Å². The Bertz CT molecular complexity index is 767. The van der Waals surface area contributed by atoms with Crippen LogP contribution in [0.5, 0.6) is 5.75 Å². The molecule has 1 heterocycles. The van der Waals surface area contributed by atoms with E-state index in [1.807, 2.05) is 26.0 Å². The highest BCUT2D eigenvalue weighted by atomic mass is 16.5. The van der Waals surface area contributed by atoms with Crippen LogP contribution in [0.4, 0.5) is 0 Å². The highest BCUT2D eigenvalue weighted by molar-refractivity contribution is 5.92. The maximum absolute atomic E-state index is 6.13. The molecule has 0 radical (unpaired) electrons. The van der Waals surface area contributed by atoms with Crippen LogP contribution >= 0.6 is 0 Å². The van der Waals surface area contributed by atoms with Crippen LogP contribution in [0, 0.1) is 0 Å². The first-order valence-electron chi connectivity index (χ1n) is 6.90. The Morgan fingerprint density at radius 2 is 1.81 bits per heavy atom. The van der Waals surface area contributed by atoms with Gasteiger partial charge in [0.25, 0.3) is 0 Å². The smallest absolute Gasteiger partial charge is 0.137 e. The number of methoxy groups -OCH3 is 1. The van der Waals surface area contributed by atoms with Gasteiger partial charge >= 0.3 is 0 Å². The van der Waals surface area contributed by atoms with Crippen LogP contribution in [0.3, 0.4) is 0 Å². The van der Waals surface area contributed by atoms with Gasteiger partial charge in [0.2, 0.25) is 0 Å². The number of aromatic nitrogens is 2. The summed E-state index contributed by atoms with van der Waals surface area (Å²) in [6.45, 7) is 4.00. The molecule has 4 heteroatoms. The second-order valence-corrected chi connectivity index (χ2v) is 5.78. The van der Waals surface area contributed by atoms with E-state index in [1.54, 1.807) is 13.3 Å². The molecule has 21 heavy (non-hydrogen) atoms. The van der Waals surface area contributed by atoms with Crippen molar-refractivity contribution in [2.24, 2.45) is 5.73 Å². The van der Waals surface area contributed by atoms with Gasteiger partial charge in [-0.25, -0.2) is 0 Å². The summed E-state index contributed by atoms with van der Waals surface area (Å²) in [6, 6.07) is 12.3. The summed E-state index contributed by atoms with van der Waals surface area (Å²) >= 11 is 0. The van der Waals surface area contributed by atoms with Crippen molar-refractivity contribution in [3.8, 4) is 16.9 Å². The van der Waals surface area contributed by atoms with E-state index in [1.165, 1.54) is 0 Å². The van der Waals surface area contributed by atoms with Crippen molar-refractivity contribution >= 4 is 10.9 Å². The molecule has 0 saturated heterocycles. The molecule has 1 aromatic heterocycles. The van der Waals surface area contributed by atoms with Crippen LogP contribution in [0.2, 0.25) is 0 Å². The van der Waals surface area contributed by atoms with Gasteiger partial charge in [0.1, 0.15) is 5.75 Å². The number of hydrogen-bond donors (Lipinski definition) is 2. The average molecular weight is 281 g/mol. The summed E-state index contributed by atoms with van der Waals surface area (Å²) in [5, 5.41) is 8.01. The van der Waals surface area contributed by atoms with Gasteiger partial charge in [-0.3, -0.25) is 5.10 Å². The molecule has 0 bridgehead atoms. The fraction of sp³-hybridized carbons (Fsp3) is 0.235. The molecule has 0 aliphatic rings. The lowest BCUT2D eigenvalue weighted by Crippen LogP contribution is -2.28. The van der Waals surface area contributed by atoms with Crippen LogP contribution in [0.25, 0.3) is 22.0 Å². The fourth-order valence-corrected chi connectivity index (χ4v) is 2.52. The van der Waals surface area contributed by atoms with Gasteiger partial charge in [0.05, 0.1) is 24.2 Å². The Kier molecular flexibility index (Phi) is 3.18. The minimum Gasteiger partial charge on any atom is -0.495 e. The zero-order valence-electron chi connectivity index (χ0n) is 12.5. The molecule has 0 unspecified atom stereocenters. The predicted molar refractivity (Wildman–Crippen MR) is 85.3 cm³/mol. The summed E-state index contributed by atoms with van der Waals surface area (Å²) in [6.07, 6.45) is 1.79. The van der Waals surface area contributed by atoms with Crippen molar-refractivity contribution in [1.82, 2.24) is 10.2 Å². The van der Waals surface area contributed by atoms with E-state index in [-0.39, 0.29) is 5.54 Å². The summed E-state index contributed by atoms with van der Waals surface area (Å²) < 4.78 is 5.58. The molecule has 3 N–H and O–H groups in total. The SMILES string of the molecule is COc1c(-c2ccc(C(C)(C)N)cc2)ccc2[nH]ncc12. The first kappa shape index (κ1) is 13.6. The molecule has 0 spiro atoms. The maximum Gasteiger partial charge on any atom is 0.137 e. The third-order valence-electron chi connectivity index (χ3n) is 3.72. The molecule has 4 nitrogen and oxygen atoms in total. The Labute approximate surface area is 123 Å². The molecule has 2 aromatic carbocycles. The Hall–Kier alpha value is -2.33. The number of ether oxygens (including phenoxy) is 1. The zero-order valence-corrected chi connectivity index (χ0v) is 12.5. The summed E-state index contributed by atoms with van der Waals surface area (Å²) in [7, 11) is 1.68. The second kappa shape index (κ2) is 4.90. The maximum atomic E-state index is 6.13. The topological polar surface area (TPSA) is 63.9 Å². The van der Waals surface area contributed by atoms with Crippen molar-refractivity contribution in [3.63, 3.8) is 0 Å². The molecule has 0 saturated carbocycles. The third-order valence-corrected chi connectivity index (χ3v) is 3.72. The Morgan fingerprint density at radius 3 is 2.43 bits per heavy atom. The first-order chi connectivity index (χ1) is 10.0. The van der Waals surface area contributed by atoms with E-state index in [0.717, 1.165) is 33.3 Å². The van der Waals surface area contributed by atoms with Gasteiger partial charge < -0.3 is 10.5 Å². The molecule has 0 fully saturated rings. The number of fused-ring (bicyclic) bond motifs is 1. The van der Waals surface area contributed by atoms with E-state index < -0.39 is 0 Å². The summed E-state index contributed by atoms with van der Waals surface area (Å²) in [5.74, 6) is 0.834. The fourth-order valence-electron chi connectivity index (χ4n) is 2.52. The van der Waals surface area contributed by atoms with Crippen molar-refractivity contribution in [2.75, 3.05) is 7.11 Å². The molecule has 3 rings (SSSR count). The van der Waals surface area contributed by atoms with Crippen LogP contribution in [-0.2, 0) is 5.54 Å². The van der Waals surface area contributed by atoms with Crippen molar-refractivity contribution in [1.29, 1.82) is 0 Å². The zero-order chi connectivity index (χ0) is 15.0. The first-order valence-corrected chi connectivity index (χ1v) is 6.90. The number of nitrogens with two attached hydrogens (primary N) is 1. The lowest BCUT2D eigenvalue weighted by molar-refractivity contribution is 0.421. The molecule has 108 valence electrons. The second-order valence-electron chi connectivity index (χ2n) is 5.78. The van der Waals surface area contributed by atoms with Gasteiger partial charge in [-0.1, -0.05) is 24.3 Å². The largest absolute Gasteiger partial charge is 0.495 e. The highest BCUT2D eigenvalue weighted by Crippen LogP contribution is 2.36.